The molecule has 3 heterocycles. The fourth-order valence-corrected chi connectivity index (χ4v) is 5.01. The number of anilines is 1. The molecule has 1 saturated heterocycles. The number of hydrogen-bond donors (Lipinski definition) is 1. The predicted molar refractivity (Wildman–Crippen MR) is 147 cm³/mol. The molecule has 0 radical (unpaired) electrons. The molecule has 0 unspecified atom stereocenters. The Bertz CT molecular complexity index is 1330. The van der Waals surface area contributed by atoms with E-state index >= 15 is 0 Å². The van der Waals surface area contributed by atoms with E-state index in [1.807, 2.05) is 37.4 Å². The van der Waals surface area contributed by atoms with Crippen LogP contribution >= 0.6 is 0 Å². The molecule has 1 aromatic carbocycles. The van der Waals surface area contributed by atoms with Crippen molar-refractivity contribution in [2.75, 3.05) is 37.8 Å². The summed E-state index contributed by atoms with van der Waals surface area (Å²) in [4.78, 5) is 23.2. The third-order valence-electron chi connectivity index (χ3n) is 7.29. The minimum Gasteiger partial charge on any atom is -1.00 e. The van der Waals surface area contributed by atoms with Crippen LogP contribution in [0.4, 0.5) is 5.82 Å². The van der Waals surface area contributed by atoms with E-state index in [0.717, 1.165) is 84.4 Å². The van der Waals surface area contributed by atoms with Crippen molar-refractivity contribution in [3.05, 3.63) is 65.2 Å². The van der Waals surface area contributed by atoms with Gasteiger partial charge >= 0.3 is 35.5 Å². The molecule has 9 heteroatoms. The van der Waals surface area contributed by atoms with Crippen molar-refractivity contribution >= 4 is 17.4 Å². The third kappa shape index (κ3) is 6.74. The van der Waals surface area contributed by atoms with E-state index in [9.17, 15) is 9.90 Å². The van der Waals surface area contributed by atoms with Gasteiger partial charge in [-0.1, -0.05) is 18.2 Å². The number of carbonyl (C=O) groups is 1. The van der Waals surface area contributed by atoms with E-state index in [1.165, 1.54) is 0 Å². The fraction of sp³-hybridized carbons (Fsp3) is 0.433. The van der Waals surface area contributed by atoms with Gasteiger partial charge in [-0.15, -0.1) is 0 Å². The van der Waals surface area contributed by atoms with Crippen molar-refractivity contribution in [3.63, 3.8) is 0 Å². The summed E-state index contributed by atoms with van der Waals surface area (Å²) in [6.07, 6.45) is 6.84. The molecule has 0 saturated carbocycles. The topological polar surface area (TPSA) is 97.9 Å². The number of aryl methyl sites for hydroxylation is 1. The Labute approximate surface area is 253 Å². The number of ether oxygens (including phenoxy) is 2. The number of carboxylic acids is 1. The van der Waals surface area contributed by atoms with E-state index in [4.69, 9.17) is 18.9 Å². The van der Waals surface area contributed by atoms with Crippen LogP contribution in [0.1, 0.15) is 50.7 Å². The summed E-state index contributed by atoms with van der Waals surface area (Å²) in [6.45, 7) is 9.07. The Morgan fingerprint density at radius 2 is 2.00 bits per heavy atom. The summed E-state index contributed by atoms with van der Waals surface area (Å²) in [5, 5.41) is 9.59. The van der Waals surface area contributed by atoms with Crippen LogP contribution < -0.4 is 39.2 Å². The number of rotatable bonds is 9. The Balaban J connectivity index is 0.00000220. The van der Waals surface area contributed by atoms with Gasteiger partial charge in [-0.2, -0.15) is 0 Å². The zero-order valence-corrected chi connectivity index (χ0v) is 25.3. The average molecular weight is 542 g/mol. The molecule has 1 aliphatic carbocycles. The van der Waals surface area contributed by atoms with Crippen LogP contribution in [0, 0.1) is 12.3 Å². The maximum atomic E-state index is 11.7. The minimum atomic E-state index is -0.822. The Morgan fingerprint density at radius 1 is 1.21 bits per heavy atom. The Kier molecular flexibility index (Phi) is 9.54. The monoisotopic (exact) mass is 541 g/mol. The first-order valence-electron chi connectivity index (χ1n) is 13.2. The van der Waals surface area contributed by atoms with Crippen molar-refractivity contribution in [3.8, 4) is 17.2 Å². The summed E-state index contributed by atoms with van der Waals surface area (Å²) >= 11 is 0. The van der Waals surface area contributed by atoms with Crippen molar-refractivity contribution in [1.29, 1.82) is 0 Å². The van der Waals surface area contributed by atoms with E-state index in [1.54, 1.807) is 13.8 Å². The quantitative estimate of drug-likeness (QED) is 0.413. The smallest absolute Gasteiger partial charge is 1.00 e. The van der Waals surface area contributed by atoms with Gasteiger partial charge < -0.3 is 25.3 Å². The van der Waals surface area contributed by atoms with Gasteiger partial charge in [0.25, 0.3) is 0 Å². The summed E-state index contributed by atoms with van der Waals surface area (Å²) in [5.74, 6) is 2.34. The van der Waals surface area contributed by atoms with Crippen LogP contribution in [-0.4, -0.2) is 54.0 Å². The van der Waals surface area contributed by atoms with E-state index in [0.29, 0.717) is 25.3 Å². The second-order valence-corrected chi connectivity index (χ2v) is 10.5. The van der Waals surface area contributed by atoms with Crippen molar-refractivity contribution in [1.82, 2.24) is 9.97 Å². The number of oxazole rings is 1. The SMILES string of the molecule is Cc1oc(-c2ccc(N3CCOCC3)nc2)nc1CCOc1cccc2c1CCC=C2CC(C)(C)C(=O)O.[H-].[Na+]. The number of fused-ring (bicyclic) bond motifs is 1. The third-order valence-corrected chi connectivity index (χ3v) is 7.29. The maximum Gasteiger partial charge on any atom is 1.00 e. The van der Waals surface area contributed by atoms with Crippen molar-refractivity contribution in [2.24, 2.45) is 5.41 Å². The van der Waals surface area contributed by atoms with Crippen LogP contribution in [-0.2, 0) is 22.4 Å². The van der Waals surface area contributed by atoms with Gasteiger partial charge in [0, 0.05) is 31.3 Å². The summed E-state index contributed by atoms with van der Waals surface area (Å²) < 4.78 is 17.6. The predicted octanol–water partition coefficient (Wildman–Crippen LogP) is 2.45. The van der Waals surface area contributed by atoms with Gasteiger partial charge in [0.2, 0.25) is 5.89 Å². The molecule has 5 rings (SSSR count). The van der Waals surface area contributed by atoms with Gasteiger partial charge in [0.1, 0.15) is 17.3 Å². The minimum absolute atomic E-state index is 0. The molecule has 1 aliphatic heterocycles. The Hall–Kier alpha value is -2.65. The number of aliphatic carboxylic acids is 1. The van der Waals surface area contributed by atoms with E-state index < -0.39 is 11.4 Å². The average Bonchev–Trinajstić information content (AvgIpc) is 3.29. The Morgan fingerprint density at radius 3 is 2.72 bits per heavy atom. The van der Waals surface area contributed by atoms with Crippen molar-refractivity contribution in [2.45, 2.75) is 46.5 Å². The molecule has 202 valence electrons. The van der Waals surface area contributed by atoms with Crippen LogP contribution in [0.3, 0.4) is 0 Å². The fourth-order valence-electron chi connectivity index (χ4n) is 5.01. The van der Waals surface area contributed by atoms with Gasteiger partial charge in [0.05, 0.1) is 36.5 Å². The second kappa shape index (κ2) is 12.7. The summed E-state index contributed by atoms with van der Waals surface area (Å²) in [7, 11) is 0. The number of hydrogen-bond acceptors (Lipinski definition) is 7. The second-order valence-electron chi connectivity index (χ2n) is 10.5. The summed E-state index contributed by atoms with van der Waals surface area (Å²) in [5.41, 5.74) is 4.21. The molecular weight excluding hydrogens is 505 g/mol. The first-order chi connectivity index (χ1) is 18.3. The van der Waals surface area contributed by atoms with Gasteiger partial charge in [-0.25, -0.2) is 9.97 Å². The number of pyridine rings is 1. The molecular formula is C30H36N3NaO5. The first kappa shape index (κ1) is 29.3. The molecule has 8 nitrogen and oxygen atoms in total. The molecule has 0 amide bonds. The molecule has 39 heavy (non-hydrogen) atoms. The van der Waals surface area contributed by atoms with Gasteiger partial charge in [-0.05, 0) is 69.4 Å². The first-order valence-corrected chi connectivity index (χ1v) is 13.2. The van der Waals surface area contributed by atoms with Gasteiger partial charge in [0.15, 0.2) is 0 Å². The van der Waals surface area contributed by atoms with Crippen LogP contribution in [0.5, 0.6) is 5.75 Å². The molecule has 0 bridgehead atoms. The molecule has 2 aromatic heterocycles. The number of aromatic nitrogens is 2. The summed E-state index contributed by atoms with van der Waals surface area (Å²) in [6, 6.07) is 10.0. The molecule has 0 spiro atoms. The molecule has 1 N–H and O–H groups in total. The van der Waals surface area contributed by atoms with E-state index in [-0.39, 0.29) is 31.0 Å². The zero-order valence-electron chi connectivity index (χ0n) is 24.3. The number of nitrogens with zero attached hydrogens (tertiary/aromatic N) is 3. The number of allylic oxidation sites excluding steroid dienone is 2. The van der Waals surface area contributed by atoms with Gasteiger partial charge in [-0.3, -0.25) is 4.79 Å². The number of benzene rings is 1. The molecule has 1 fully saturated rings. The van der Waals surface area contributed by atoms with Crippen LogP contribution in [0.2, 0.25) is 0 Å². The largest absolute Gasteiger partial charge is 1.00 e. The zero-order chi connectivity index (χ0) is 26.7. The van der Waals surface area contributed by atoms with E-state index in [2.05, 4.69) is 22.0 Å². The van der Waals surface area contributed by atoms with Crippen LogP contribution in [0.15, 0.2) is 47.0 Å². The van der Waals surface area contributed by atoms with Crippen LogP contribution in [0.25, 0.3) is 17.0 Å². The standard InChI is InChI=1S/C30H35N3O5.Na.H/c1-20-25(32-28(38-20)22-10-11-27(31-19-22)33-13-16-36-17-14-33)12-15-37-26-9-5-7-23-21(6-4-8-24(23)26)18-30(2,3)29(34)35;;/h5-7,9-11,19H,4,8,12-18H2,1-3H3,(H,34,35);;/q;+1;-1. The number of carboxylic acid groups (broad SMARTS) is 1. The molecule has 3 aromatic rings. The molecule has 2 aliphatic rings. The normalized spacial score (nSPS) is 15.3. The van der Waals surface area contributed by atoms with Crippen molar-refractivity contribution < 1.29 is 54.8 Å². The molecule has 0 atom stereocenters. The number of morpholine rings is 1. The maximum absolute atomic E-state index is 11.7.